The zero-order chi connectivity index (χ0) is 14.5. The van der Waals surface area contributed by atoms with Crippen LogP contribution in [0, 0.1) is 0 Å². The average Bonchev–Trinajstić information content (AvgIpc) is 3.09. The third kappa shape index (κ3) is 3.37. The van der Waals surface area contributed by atoms with E-state index in [0.29, 0.717) is 12.2 Å². The highest BCUT2D eigenvalue weighted by Gasteiger charge is 2.22. The minimum absolute atomic E-state index is 0.0598. The first kappa shape index (κ1) is 14.6. The van der Waals surface area contributed by atoms with Gasteiger partial charge in [0.25, 0.3) is 0 Å². The number of hydrogen-bond donors (Lipinski definition) is 1. The van der Waals surface area contributed by atoms with Crippen molar-refractivity contribution < 1.29 is 14.3 Å². The van der Waals surface area contributed by atoms with Crippen LogP contribution in [-0.4, -0.2) is 34.3 Å². The number of carbonyl (C=O) groups is 2. The van der Waals surface area contributed by atoms with Gasteiger partial charge in [0.2, 0.25) is 5.91 Å². The van der Waals surface area contributed by atoms with Crippen molar-refractivity contribution in [1.29, 1.82) is 0 Å². The summed E-state index contributed by atoms with van der Waals surface area (Å²) in [6, 6.07) is -0.149. The molecule has 1 saturated carbocycles. The molecule has 1 heterocycles. The van der Waals surface area contributed by atoms with Crippen LogP contribution in [-0.2, 0) is 9.53 Å². The van der Waals surface area contributed by atoms with Crippen molar-refractivity contribution >= 4 is 11.9 Å². The molecule has 1 unspecified atom stereocenters. The van der Waals surface area contributed by atoms with Crippen molar-refractivity contribution in [3.63, 3.8) is 0 Å². The quantitative estimate of drug-likeness (QED) is 0.832. The number of rotatable bonds is 5. The first-order chi connectivity index (χ1) is 9.61. The lowest BCUT2D eigenvalue weighted by Crippen LogP contribution is -2.37. The van der Waals surface area contributed by atoms with Crippen LogP contribution < -0.4 is 5.32 Å². The molecule has 1 amide bonds. The number of esters is 1. The van der Waals surface area contributed by atoms with Gasteiger partial charge in [0, 0.05) is 12.2 Å². The van der Waals surface area contributed by atoms with Crippen molar-refractivity contribution in [3.05, 3.63) is 18.0 Å². The van der Waals surface area contributed by atoms with E-state index in [4.69, 9.17) is 4.74 Å². The standard InChI is InChI=1S/C14H21N3O3/c1-3-20-14(19)11-8-15-17(9-11)10(2)13(18)16-12-6-4-5-7-12/h8-10,12H,3-7H2,1-2H3,(H,16,18). The second kappa shape index (κ2) is 6.54. The zero-order valence-electron chi connectivity index (χ0n) is 12.0. The predicted octanol–water partition coefficient (Wildman–Crippen LogP) is 1.68. The lowest BCUT2D eigenvalue weighted by molar-refractivity contribution is -0.124. The number of hydrogen-bond acceptors (Lipinski definition) is 4. The second-order valence-electron chi connectivity index (χ2n) is 5.10. The molecule has 0 radical (unpaired) electrons. The summed E-state index contributed by atoms with van der Waals surface area (Å²) in [6.07, 6.45) is 7.42. The maximum absolute atomic E-state index is 12.1. The van der Waals surface area contributed by atoms with Gasteiger partial charge in [-0.2, -0.15) is 5.10 Å². The molecule has 1 N–H and O–H groups in total. The summed E-state index contributed by atoms with van der Waals surface area (Å²) >= 11 is 0. The highest BCUT2D eigenvalue weighted by molar-refractivity contribution is 5.89. The zero-order valence-corrected chi connectivity index (χ0v) is 12.0. The Balaban J connectivity index is 1.95. The summed E-state index contributed by atoms with van der Waals surface area (Å²) in [5.74, 6) is -0.474. The first-order valence-electron chi connectivity index (χ1n) is 7.13. The summed E-state index contributed by atoms with van der Waals surface area (Å²) in [5.41, 5.74) is 0.368. The molecule has 0 spiro atoms. The third-order valence-electron chi connectivity index (χ3n) is 3.59. The Morgan fingerprint density at radius 1 is 1.50 bits per heavy atom. The normalized spacial score (nSPS) is 16.9. The molecule has 0 bridgehead atoms. The number of carbonyl (C=O) groups excluding carboxylic acids is 2. The van der Waals surface area contributed by atoms with Crippen LogP contribution >= 0.6 is 0 Å². The lowest BCUT2D eigenvalue weighted by Gasteiger charge is -2.16. The van der Waals surface area contributed by atoms with Crippen LogP contribution in [0.5, 0.6) is 0 Å². The fourth-order valence-electron chi connectivity index (χ4n) is 2.38. The molecule has 1 aromatic heterocycles. The van der Waals surface area contributed by atoms with Crippen molar-refractivity contribution in [2.24, 2.45) is 0 Å². The summed E-state index contributed by atoms with van der Waals surface area (Å²) in [4.78, 5) is 23.7. The molecule has 110 valence electrons. The van der Waals surface area contributed by atoms with Crippen LogP contribution in [0.2, 0.25) is 0 Å². The Hall–Kier alpha value is -1.85. The summed E-state index contributed by atoms with van der Waals surface area (Å²) < 4.78 is 6.39. The van der Waals surface area contributed by atoms with Gasteiger partial charge in [-0.3, -0.25) is 9.48 Å². The van der Waals surface area contributed by atoms with Gasteiger partial charge in [-0.15, -0.1) is 0 Å². The monoisotopic (exact) mass is 279 g/mol. The summed E-state index contributed by atoms with van der Waals surface area (Å²) in [7, 11) is 0. The van der Waals surface area contributed by atoms with Gasteiger partial charge in [-0.1, -0.05) is 12.8 Å². The van der Waals surface area contributed by atoms with Crippen LogP contribution in [0.1, 0.15) is 55.9 Å². The van der Waals surface area contributed by atoms with E-state index in [1.165, 1.54) is 23.7 Å². The van der Waals surface area contributed by atoms with Gasteiger partial charge in [-0.05, 0) is 26.7 Å². The SMILES string of the molecule is CCOC(=O)c1cnn(C(C)C(=O)NC2CCCC2)c1. The Labute approximate surface area is 118 Å². The Kier molecular flexibility index (Phi) is 4.76. The Morgan fingerprint density at radius 2 is 2.20 bits per heavy atom. The molecule has 0 aromatic carbocycles. The largest absolute Gasteiger partial charge is 0.462 e. The number of nitrogens with one attached hydrogen (secondary N) is 1. The van der Waals surface area contributed by atoms with Gasteiger partial charge in [0.15, 0.2) is 0 Å². The molecule has 0 saturated heterocycles. The maximum Gasteiger partial charge on any atom is 0.341 e. The number of ether oxygens (including phenoxy) is 1. The molecule has 6 nitrogen and oxygen atoms in total. The van der Waals surface area contributed by atoms with Gasteiger partial charge in [-0.25, -0.2) is 4.79 Å². The Morgan fingerprint density at radius 3 is 2.85 bits per heavy atom. The molecular formula is C14H21N3O3. The van der Waals surface area contributed by atoms with E-state index in [9.17, 15) is 9.59 Å². The number of amides is 1. The molecule has 1 atom stereocenters. The average molecular weight is 279 g/mol. The van der Waals surface area contributed by atoms with Crippen LogP contribution in [0.25, 0.3) is 0 Å². The van der Waals surface area contributed by atoms with Crippen molar-refractivity contribution in [1.82, 2.24) is 15.1 Å². The van der Waals surface area contributed by atoms with Crippen molar-refractivity contribution in [2.45, 2.75) is 51.6 Å². The van der Waals surface area contributed by atoms with Gasteiger partial charge < -0.3 is 10.1 Å². The van der Waals surface area contributed by atoms with E-state index >= 15 is 0 Å². The van der Waals surface area contributed by atoms with E-state index in [0.717, 1.165) is 12.8 Å². The van der Waals surface area contributed by atoms with Gasteiger partial charge >= 0.3 is 5.97 Å². The van der Waals surface area contributed by atoms with E-state index in [1.54, 1.807) is 20.0 Å². The maximum atomic E-state index is 12.1. The minimum atomic E-state index is -0.432. The highest BCUT2D eigenvalue weighted by Crippen LogP contribution is 2.18. The lowest BCUT2D eigenvalue weighted by atomic mass is 10.2. The molecule has 2 rings (SSSR count). The predicted molar refractivity (Wildman–Crippen MR) is 73.3 cm³/mol. The molecule has 1 aromatic rings. The van der Waals surface area contributed by atoms with E-state index in [2.05, 4.69) is 10.4 Å². The minimum Gasteiger partial charge on any atom is -0.462 e. The topological polar surface area (TPSA) is 73.2 Å². The van der Waals surface area contributed by atoms with Gasteiger partial charge in [0.05, 0.1) is 18.4 Å². The summed E-state index contributed by atoms with van der Waals surface area (Å²) in [6.45, 7) is 3.84. The van der Waals surface area contributed by atoms with Crippen LogP contribution in [0.3, 0.4) is 0 Å². The first-order valence-corrected chi connectivity index (χ1v) is 7.13. The third-order valence-corrected chi connectivity index (χ3v) is 3.59. The van der Waals surface area contributed by atoms with E-state index in [-0.39, 0.29) is 11.9 Å². The fraction of sp³-hybridized carbons (Fsp3) is 0.643. The van der Waals surface area contributed by atoms with Crippen molar-refractivity contribution in [2.75, 3.05) is 6.61 Å². The number of nitrogens with zero attached hydrogens (tertiary/aromatic N) is 2. The molecule has 6 heteroatoms. The second-order valence-corrected chi connectivity index (χ2v) is 5.10. The smallest absolute Gasteiger partial charge is 0.341 e. The molecule has 20 heavy (non-hydrogen) atoms. The fourth-order valence-corrected chi connectivity index (χ4v) is 2.38. The summed E-state index contributed by atoms with van der Waals surface area (Å²) in [5, 5.41) is 7.09. The Bertz CT molecular complexity index is 478. The van der Waals surface area contributed by atoms with Crippen molar-refractivity contribution in [3.8, 4) is 0 Å². The molecule has 1 aliphatic rings. The highest BCUT2D eigenvalue weighted by atomic mass is 16.5. The van der Waals surface area contributed by atoms with Gasteiger partial charge in [0.1, 0.15) is 6.04 Å². The number of aromatic nitrogens is 2. The molecule has 1 fully saturated rings. The van der Waals surface area contributed by atoms with Crippen LogP contribution in [0.4, 0.5) is 0 Å². The van der Waals surface area contributed by atoms with E-state index < -0.39 is 12.0 Å². The van der Waals surface area contributed by atoms with E-state index in [1.807, 2.05) is 0 Å². The molecule has 0 aliphatic heterocycles. The molecular weight excluding hydrogens is 258 g/mol. The van der Waals surface area contributed by atoms with Crippen LogP contribution in [0.15, 0.2) is 12.4 Å². The molecule has 1 aliphatic carbocycles.